The summed E-state index contributed by atoms with van der Waals surface area (Å²) in [6.45, 7) is 0. The molecule has 0 bridgehead atoms. The molecule has 1 rings (SSSR count). The Morgan fingerprint density at radius 1 is 1.47 bits per heavy atom. The van der Waals surface area contributed by atoms with Crippen LogP contribution in [-0.2, 0) is 4.79 Å². The fraction of sp³-hybridized carbons (Fsp3) is 0.300. The molecule has 0 radical (unpaired) electrons. The number of alkyl halides is 1. The van der Waals surface area contributed by atoms with Gasteiger partial charge in [-0.2, -0.15) is 0 Å². The van der Waals surface area contributed by atoms with Crippen molar-refractivity contribution in [2.24, 2.45) is 0 Å². The zero-order valence-electron chi connectivity index (χ0n) is 8.30. The smallest absolute Gasteiger partial charge is 0.244 e. The van der Waals surface area contributed by atoms with E-state index in [1.807, 2.05) is 0 Å². The van der Waals surface area contributed by atoms with Gasteiger partial charge in [-0.1, -0.05) is 17.7 Å². The molecule has 0 aliphatic carbocycles. The summed E-state index contributed by atoms with van der Waals surface area (Å²) in [6.07, 6.45) is 0. The van der Waals surface area contributed by atoms with Crippen molar-refractivity contribution in [3.63, 3.8) is 0 Å². The Balaban J connectivity index is 2.97. The normalized spacial score (nSPS) is 12.3. The van der Waals surface area contributed by atoms with E-state index in [-0.39, 0.29) is 5.91 Å². The van der Waals surface area contributed by atoms with Crippen LogP contribution in [0.1, 0.15) is 10.9 Å². The molecule has 0 aliphatic heterocycles. The summed E-state index contributed by atoms with van der Waals surface area (Å²) in [7, 11) is 3.34. The molecule has 0 fully saturated rings. The Morgan fingerprint density at radius 3 is 2.53 bits per heavy atom. The number of nitrogens with zero attached hydrogens (tertiary/aromatic N) is 1. The molecule has 0 heterocycles. The molecule has 0 saturated heterocycles. The fourth-order valence-corrected chi connectivity index (χ4v) is 1.88. The van der Waals surface area contributed by atoms with Gasteiger partial charge in [0, 0.05) is 18.6 Å². The molecule has 15 heavy (non-hydrogen) atoms. The van der Waals surface area contributed by atoms with Crippen LogP contribution in [0, 0.1) is 0 Å². The predicted molar refractivity (Wildman–Crippen MR) is 66.4 cm³/mol. The number of rotatable bonds is 2. The number of hydrogen-bond donors (Lipinski definition) is 0. The molecule has 1 unspecified atom stereocenters. The molecule has 1 amide bonds. The van der Waals surface area contributed by atoms with Gasteiger partial charge >= 0.3 is 0 Å². The van der Waals surface area contributed by atoms with E-state index in [1.54, 1.807) is 32.3 Å². The Hall–Kier alpha value is -0.250. The zero-order chi connectivity index (χ0) is 11.6. The van der Waals surface area contributed by atoms with Gasteiger partial charge in [-0.25, -0.2) is 0 Å². The highest BCUT2D eigenvalue weighted by molar-refractivity contribution is 9.10. The summed E-state index contributed by atoms with van der Waals surface area (Å²) in [5, 5.41) is -0.0755. The summed E-state index contributed by atoms with van der Waals surface area (Å²) >= 11 is 15.1. The van der Waals surface area contributed by atoms with E-state index in [9.17, 15) is 4.79 Å². The lowest BCUT2D eigenvalue weighted by atomic mass is 10.1. The molecule has 0 aliphatic rings. The van der Waals surface area contributed by atoms with Crippen LogP contribution in [0.5, 0.6) is 0 Å². The maximum atomic E-state index is 11.6. The van der Waals surface area contributed by atoms with Crippen LogP contribution in [-0.4, -0.2) is 24.9 Å². The van der Waals surface area contributed by atoms with Gasteiger partial charge in [-0.05, 0) is 33.6 Å². The minimum Gasteiger partial charge on any atom is -0.347 e. The van der Waals surface area contributed by atoms with E-state index in [1.165, 1.54) is 4.90 Å². The summed E-state index contributed by atoms with van der Waals surface area (Å²) in [4.78, 5) is 13.0. The van der Waals surface area contributed by atoms with Crippen LogP contribution in [0.25, 0.3) is 0 Å². The Labute approximate surface area is 107 Å². The molecular formula is C10H10BrCl2NO. The molecule has 0 spiro atoms. The first-order valence-electron chi connectivity index (χ1n) is 4.23. The number of likely N-dealkylation sites (N-methyl/N-ethyl adjacent to an activating group) is 1. The molecule has 1 aromatic carbocycles. The van der Waals surface area contributed by atoms with Crippen LogP contribution in [0.4, 0.5) is 0 Å². The first-order valence-corrected chi connectivity index (χ1v) is 5.84. The van der Waals surface area contributed by atoms with Gasteiger partial charge in [0.2, 0.25) is 5.91 Å². The molecular weight excluding hydrogens is 301 g/mol. The largest absolute Gasteiger partial charge is 0.347 e. The van der Waals surface area contributed by atoms with Gasteiger partial charge in [-0.15, -0.1) is 11.6 Å². The summed E-state index contributed by atoms with van der Waals surface area (Å²) in [6, 6.07) is 5.20. The Bertz CT molecular complexity index is 382. The highest BCUT2D eigenvalue weighted by Gasteiger charge is 2.19. The van der Waals surface area contributed by atoms with Crippen molar-refractivity contribution in [2.45, 2.75) is 5.38 Å². The van der Waals surface area contributed by atoms with Gasteiger partial charge in [0.15, 0.2) is 0 Å². The van der Waals surface area contributed by atoms with E-state index >= 15 is 0 Å². The van der Waals surface area contributed by atoms with Gasteiger partial charge in [0.05, 0.1) is 5.02 Å². The van der Waals surface area contributed by atoms with E-state index in [0.29, 0.717) is 5.02 Å². The SMILES string of the molecule is CN(C)C(=O)C(Cl)c1ccc(Cl)c(Br)c1. The van der Waals surface area contributed by atoms with Crippen molar-refractivity contribution >= 4 is 45.0 Å². The number of amides is 1. The third kappa shape index (κ3) is 3.10. The molecule has 1 atom stereocenters. The second-order valence-corrected chi connectivity index (χ2v) is 4.97. The van der Waals surface area contributed by atoms with Gasteiger partial charge in [0.1, 0.15) is 5.38 Å². The number of carbonyl (C=O) groups is 1. The van der Waals surface area contributed by atoms with E-state index in [0.717, 1.165) is 10.0 Å². The first kappa shape index (κ1) is 12.8. The second-order valence-electron chi connectivity index (χ2n) is 3.27. The number of benzene rings is 1. The first-order chi connectivity index (χ1) is 6.93. The quantitative estimate of drug-likeness (QED) is 0.766. The van der Waals surface area contributed by atoms with Crippen molar-refractivity contribution < 1.29 is 4.79 Å². The standard InChI is InChI=1S/C10H10BrCl2NO/c1-14(2)10(15)9(13)6-3-4-8(12)7(11)5-6/h3-5,9H,1-2H3. The highest BCUT2D eigenvalue weighted by Crippen LogP contribution is 2.29. The minimum absolute atomic E-state index is 0.147. The van der Waals surface area contributed by atoms with E-state index in [4.69, 9.17) is 23.2 Å². The van der Waals surface area contributed by atoms with E-state index < -0.39 is 5.38 Å². The average Bonchev–Trinajstić information content (AvgIpc) is 2.19. The van der Waals surface area contributed by atoms with Crippen molar-refractivity contribution in [1.29, 1.82) is 0 Å². The third-order valence-corrected chi connectivity index (χ3v) is 3.55. The van der Waals surface area contributed by atoms with Crippen LogP contribution in [0.15, 0.2) is 22.7 Å². The van der Waals surface area contributed by atoms with Crippen molar-refractivity contribution in [1.82, 2.24) is 4.90 Å². The van der Waals surface area contributed by atoms with Crippen LogP contribution in [0.3, 0.4) is 0 Å². The number of halogens is 3. The number of carbonyl (C=O) groups excluding carboxylic acids is 1. The van der Waals surface area contributed by atoms with Crippen molar-refractivity contribution in [3.8, 4) is 0 Å². The van der Waals surface area contributed by atoms with Crippen molar-refractivity contribution in [3.05, 3.63) is 33.3 Å². The Morgan fingerprint density at radius 2 is 2.07 bits per heavy atom. The molecule has 0 aromatic heterocycles. The monoisotopic (exact) mass is 309 g/mol. The molecule has 5 heteroatoms. The van der Waals surface area contributed by atoms with Crippen LogP contribution in [0.2, 0.25) is 5.02 Å². The van der Waals surface area contributed by atoms with E-state index in [2.05, 4.69) is 15.9 Å². The summed E-state index contributed by atoms with van der Waals surface area (Å²) in [5.41, 5.74) is 0.728. The van der Waals surface area contributed by atoms with Crippen molar-refractivity contribution in [2.75, 3.05) is 14.1 Å². The van der Waals surface area contributed by atoms with Crippen LogP contribution >= 0.6 is 39.1 Å². The topological polar surface area (TPSA) is 20.3 Å². The maximum Gasteiger partial charge on any atom is 0.244 e. The lowest BCUT2D eigenvalue weighted by molar-refractivity contribution is -0.128. The molecule has 1 aromatic rings. The van der Waals surface area contributed by atoms with Gasteiger partial charge in [-0.3, -0.25) is 4.79 Å². The fourth-order valence-electron chi connectivity index (χ4n) is 1.04. The molecule has 0 saturated carbocycles. The zero-order valence-corrected chi connectivity index (χ0v) is 11.4. The molecule has 0 N–H and O–H groups in total. The average molecular weight is 311 g/mol. The lowest BCUT2D eigenvalue weighted by Gasteiger charge is -2.15. The molecule has 2 nitrogen and oxygen atoms in total. The third-order valence-electron chi connectivity index (χ3n) is 1.89. The predicted octanol–water partition coefficient (Wildman–Crippen LogP) is 3.47. The lowest BCUT2D eigenvalue weighted by Crippen LogP contribution is -2.25. The number of hydrogen-bond acceptors (Lipinski definition) is 1. The minimum atomic E-state index is -0.673. The Kier molecular flexibility index (Phi) is 4.44. The summed E-state index contributed by atoms with van der Waals surface area (Å²) in [5.74, 6) is -0.147. The van der Waals surface area contributed by atoms with Gasteiger partial charge in [0.25, 0.3) is 0 Å². The van der Waals surface area contributed by atoms with Crippen LogP contribution < -0.4 is 0 Å². The second kappa shape index (κ2) is 5.19. The highest BCUT2D eigenvalue weighted by atomic mass is 79.9. The summed E-state index contributed by atoms with van der Waals surface area (Å²) < 4.78 is 0.735. The van der Waals surface area contributed by atoms with Gasteiger partial charge < -0.3 is 4.90 Å². The molecule has 82 valence electrons. The maximum absolute atomic E-state index is 11.6.